The average Bonchev–Trinajstić information content (AvgIpc) is 3.08. The van der Waals surface area contributed by atoms with Crippen molar-refractivity contribution in [2.45, 2.75) is 53.1 Å². The molecule has 0 bridgehead atoms. The lowest BCUT2D eigenvalue weighted by molar-refractivity contribution is 0.283. The number of hydrogen-bond donors (Lipinski definition) is 1. The van der Waals surface area contributed by atoms with E-state index in [1.165, 1.54) is 24.0 Å². The average molecular weight is 248 g/mol. The minimum Gasteiger partial charge on any atom is -0.477 e. The van der Waals surface area contributed by atoms with Crippen molar-refractivity contribution >= 4 is 0 Å². The zero-order valence-corrected chi connectivity index (χ0v) is 11.9. The molecule has 1 heterocycles. The Morgan fingerprint density at radius 2 is 2.11 bits per heavy atom. The molecular formula is C15H24N2O. The molecule has 0 spiro atoms. The van der Waals surface area contributed by atoms with Crippen LogP contribution in [0.4, 0.5) is 0 Å². The fraction of sp³-hybridized carbons (Fsp3) is 0.667. The number of rotatable bonds is 6. The van der Waals surface area contributed by atoms with Gasteiger partial charge in [0.1, 0.15) is 0 Å². The van der Waals surface area contributed by atoms with Crippen molar-refractivity contribution in [3.05, 3.63) is 22.9 Å². The number of aromatic nitrogens is 1. The van der Waals surface area contributed by atoms with Gasteiger partial charge in [0.15, 0.2) is 0 Å². The first-order valence-corrected chi connectivity index (χ1v) is 6.89. The SMILES string of the molecule is Cc1cc(C)c(CNC(C)C)c(OCC2CC2)n1. The highest BCUT2D eigenvalue weighted by atomic mass is 16.5. The summed E-state index contributed by atoms with van der Waals surface area (Å²) in [4.78, 5) is 4.55. The van der Waals surface area contributed by atoms with Gasteiger partial charge in [0, 0.05) is 23.8 Å². The van der Waals surface area contributed by atoms with Crippen molar-refractivity contribution in [1.82, 2.24) is 10.3 Å². The summed E-state index contributed by atoms with van der Waals surface area (Å²) < 4.78 is 5.90. The third-order valence-electron chi connectivity index (χ3n) is 3.28. The van der Waals surface area contributed by atoms with E-state index in [9.17, 15) is 0 Å². The predicted octanol–water partition coefficient (Wildman–Crippen LogP) is 2.99. The highest BCUT2D eigenvalue weighted by Gasteiger charge is 2.23. The first-order chi connectivity index (χ1) is 8.56. The van der Waals surface area contributed by atoms with Crippen LogP contribution in [0.1, 0.15) is 43.5 Å². The van der Waals surface area contributed by atoms with Gasteiger partial charge >= 0.3 is 0 Å². The molecule has 3 nitrogen and oxygen atoms in total. The summed E-state index contributed by atoms with van der Waals surface area (Å²) in [6.45, 7) is 10.1. The number of nitrogens with zero attached hydrogens (tertiary/aromatic N) is 1. The van der Waals surface area contributed by atoms with Crippen LogP contribution < -0.4 is 10.1 Å². The van der Waals surface area contributed by atoms with Gasteiger partial charge in [0.2, 0.25) is 5.88 Å². The van der Waals surface area contributed by atoms with Gasteiger partial charge in [-0.3, -0.25) is 0 Å². The molecule has 0 unspecified atom stereocenters. The Hall–Kier alpha value is -1.09. The molecule has 0 amide bonds. The molecule has 3 heteroatoms. The molecule has 1 aromatic rings. The van der Waals surface area contributed by atoms with E-state index in [1.54, 1.807) is 0 Å². The Kier molecular flexibility index (Phi) is 4.23. The lowest BCUT2D eigenvalue weighted by atomic mass is 10.1. The van der Waals surface area contributed by atoms with Gasteiger partial charge in [-0.05, 0) is 44.2 Å². The maximum Gasteiger partial charge on any atom is 0.218 e. The normalized spacial score (nSPS) is 15.2. The maximum atomic E-state index is 5.90. The second kappa shape index (κ2) is 5.70. The predicted molar refractivity (Wildman–Crippen MR) is 73.9 cm³/mol. The summed E-state index contributed by atoms with van der Waals surface area (Å²) in [5, 5.41) is 3.45. The minimum absolute atomic E-state index is 0.474. The van der Waals surface area contributed by atoms with Crippen LogP contribution in [0.3, 0.4) is 0 Å². The van der Waals surface area contributed by atoms with Crippen LogP contribution in [0.15, 0.2) is 6.07 Å². The lowest BCUT2D eigenvalue weighted by Crippen LogP contribution is -2.23. The number of nitrogens with one attached hydrogen (secondary N) is 1. The molecule has 1 aliphatic carbocycles. The monoisotopic (exact) mass is 248 g/mol. The summed E-state index contributed by atoms with van der Waals surface area (Å²) in [5.74, 6) is 1.59. The smallest absolute Gasteiger partial charge is 0.218 e. The van der Waals surface area contributed by atoms with Crippen molar-refractivity contribution in [2.75, 3.05) is 6.61 Å². The third-order valence-corrected chi connectivity index (χ3v) is 3.28. The fourth-order valence-electron chi connectivity index (χ4n) is 1.95. The van der Waals surface area contributed by atoms with Crippen molar-refractivity contribution in [2.24, 2.45) is 5.92 Å². The van der Waals surface area contributed by atoms with Gasteiger partial charge in [0.25, 0.3) is 0 Å². The van der Waals surface area contributed by atoms with Crippen molar-refractivity contribution < 1.29 is 4.74 Å². The first kappa shape index (κ1) is 13.3. The van der Waals surface area contributed by atoms with Crippen LogP contribution in [0.2, 0.25) is 0 Å². The Bertz CT molecular complexity index is 411. The van der Waals surface area contributed by atoms with E-state index in [0.29, 0.717) is 6.04 Å². The van der Waals surface area contributed by atoms with E-state index >= 15 is 0 Å². The summed E-state index contributed by atoms with van der Waals surface area (Å²) in [6.07, 6.45) is 2.62. The van der Waals surface area contributed by atoms with Gasteiger partial charge in [-0.1, -0.05) is 13.8 Å². The van der Waals surface area contributed by atoms with E-state index in [1.807, 2.05) is 6.92 Å². The summed E-state index contributed by atoms with van der Waals surface area (Å²) in [7, 11) is 0. The van der Waals surface area contributed by atoms with E-state index in [4.69, 9.17) is 4.74 Å². The fourth-order valence-corrected chi connectivity index (χ4v) is 1.95. The zero-order chi connectivity index (χ0) is 13.1. The van der Waals surface area contributed by atoms with Crippen LogP contribution in [0.5, 0.6) is 5.88 Å². The van der Waals surface area contributed by atoms with Crippen molar-refractivity contribution in [3.8, 4) is 5.88 Å². The van der Waals surface area contributed by atoms with Crippen LogP contribution in [-0.2, 0) is 6.54 Å². The molecule has 0 aliphatic heterocycles. The topological polar surface area (TPSA) is 34.1 Å². The molecule has 0 saturated heterocycles. The third kappa shape index (κ3) is 3.70. The highest BCUT2D eigenvalue weighted by Crippen LogP contribution is 2.30. The van der Waals surface area contributed by atoms with E-state index in [-0.39, 0.29) is 0 Å². The quantitative estimate of drug-likeness (QED) is 0.840. The van der Waals surface area contributed by atoms with E-state index in [0.717, 1.165) is 30.6 Å². The second-order valence-corrected chi connectivity index (χ2v) is 5.65. The van der Waals surface area contributed by atoms with Gasteiger partial charge in [-0.15, -0.1) is 0 Å². The molecule has 1 aromatic heterocycles. The Balaban J connectivity index is 2.11. The first-order valence-electron chi connectivity index (χ1n) is 6.89. The molecule has 1 N–H and O–H groups in total. The molecule has 100 valence electrons. The second-order valence-electron chi connectivity index (χ2n) is 5.65. The molecule has 0 atom stereocenters. The largest absolute Gasteiger partial charge is 0.477 e. The molecule has 1 saturated carbocycles. The van der Waals surface area contributed by atoms with Crippen molar-refractivity contribution in [1.29, 1.82) is 0 Å². The highest BCUT2D eigenvalue weighted by molar-refractivity contribution is 5.36. The zero-order valence-electron chi connectivity index (χ0n) is 11.9. The summed E-state index contributed by atoms with van der Waals surface area (Å²) in [6, 6.07) is 2.60. The molecule has 0 aromatic carbocycles. The van der Waals surface area contributed by atoms with Gasteiger partial charge in [-0.2, -0.15) is 0 Å². The molecular weight excluding hydrogens is 224 g/mol. The number of aryl methyl sites for hydroxylation is 2. The van der Waals surface area contributed by atoms with Crippen LogP contribution in [0, 0.1) is 19.8 Å². The van der Waals surface area contributed by atoms with Crippen LogP contribution in [-0.4, -0.2) is 17.6 Å². The Morgan fingerprint density at radius 3 is 2.72 bits per heavy atom. The maximum absolute atomic E-state index is 5.90. The van der Waals surface area contributed by atoms with Crippen LogP contribution >= 0.6 is 0 Å². The number of pyridine rings is 1. The Morgan fingerprint density at radius 1 is 1.39 bits per heavy atom. The van der Waals surface area contributed by atoms with Gasteiger partial charge < -0.3 is 10.1 Å². The number of ether oxygens (including phenoxy) is 1. The molecule has 18 heavy (non-hydrogen) atoms. The lowest BCUT2D eigenvalue weighted by Gasteiger charge is -2.15. The van der Waals surface area contributed by atoms with Crippen molar-refractivity contribution in [3.63, 3.8) is 0 Å². The number of hydrogen-bond acceptors (Lipinski definition) is 3. The summed E-state index contributed by atoms with van der Waals surface area (Å²) >= 11 is 0. The molecule has 1 aliphatic rings. The van der Waals surface area contributed by atoms with E-state index < -0.39 is 0 Å². The minimum atomic E-state index is 0.474. The van der Waals surface area contributed by atoms with Crippen LogP contribution in [0.25, 0.3) is 0 Å². The summed E-state index contributed by atoms with van der Waals surface area (Å²) in [5.41, 5.74) is 3.50. The standard InChI is InChI=1S/C15H24N2O/c1-10(2)16-8-14-11(3)7-12(4)17-15(14)18-9-13-5-6-13/h7,10,13,16H,5-6,8-9H2,1-4H3. The molecule has 2 rings (SSSR count). The van der Waals surface area contributed by atoms with Gasteiger partial charge in [0.05, 0.1) is 6.61 Å². The van der Waals surface area contributed by atoms with E-state index in [2.05, 4.69) is 37.1 Å². The molecule has 0 radical (unpaired) electrons. The van der Waals surface area contributed by atoms with Gasteiger partial charge in [-0.25, -0.2) is 4.98 Å². The molecule has 1 fully saturated rings. The Labute approximate surface area is 110 Å².